The van der Waals surface area contributed by atoms with Crippen LogP contribution in [0.25, 0.3) is 0 Å². The number of ether oxygens (including phenoxy) is 1. The average Bonchev–Trinajstić information content (AvgIpc) is 2.89. The molecule has 1 aliphatic heterocycles. The largest absolute Gasteiger partial charge is 0.493 e. The highest BCUT2D eigenvalue weighted by atomic mass is 16.5. The molecule has 3 aromatic rings. The lowest BCUT2D eigenvalue weighted by atomic mass is 10.1. The normalized spacial score (nSPS) is 13.8. The number of hydrogen-bond acceptors (Lipinski definition) is 5. The first-order chi connectivity index (χ1) is 17.1. The smallest absolute Gasteiger partial charge is 0.255 e. The van der Waals surface area contributed by atoms with Crippen molar-refractivity contribution in [1.82, 2.24) is 10.2 Å². The Bertz CT molecular complexity index is 1090. The van der Waals surface area contributed by atoms with Gasteiger partial charge < -0.3 is 25.2 Å². The van der Waals surface area contributed by atoms with E-state index in [9.17, 15) is 9.59 Å². The molecule has 0 aromatic heterocycles. The quantitative estimate of drug-likeness (QED) is 0.496. The van der Waals surface area contributed by atoms with Gasteiger partial charge in [0.05, 0.1) is 13.0 Å². The summed E-state index contributed by atoms with van der Waals surface area (Å²) in [4.78, 5) is 29.4. The molecule has 4 rings (SSSR count). The number of piperazine rings is 1. The van der Waals surface area contributed by atoms with Gasteiger partial charge >= 0.3 is 0 Å². The molecule has 0 aliphatic carbocycles. The van der Waals surface area contributed by atoms with E-state index in [1.165, 1.54) is 5.69 Å². The van der Waals surface area contributed by atoms with E-state index in [4.69, 9.17) is 4.74 Å². The number of amides is 2. The minimum atomic E-state index is -0.161. The molecule has 7 heteroatoms. The van der Waals surface area contributed by atoms with Crippen molar-refractivity contribution in [2.45, 2.75) is 13.0 Å². The van der Waals surface area contributed by atoms with Crippen LogP contribution < -0.4 is 20.3 Å². The van der Waals surface area contributed by atoms with Crippen LogP contribution in [-0.2, 0) is 11.3 Å². The summed E-state index contributed by atoms with van der Waals surface area (Å²) in [5, 5.41) is 5.83. The number of nitrogens with one attached hydrogen (secondary N) is 2. The Balaban J connectivity index is 1.20. The first-order valence-electron chi connectivity index (χ1n) is 12.0. The molecule has 0 spiro atoms. The summed E-state index contributed by atoms with van der Waals surface area (Å²) in [5.41, 5.74) is 3.44. The molecule has 1 aliphatic rings. The maximum Gasteiger partial charge on any atom is 0.255 e. The van der Waals surface area contributed by atoms with Crippen molar-refractivity contribution < 1.29 is 14.3 Å². The van der Waals surface area contributed by atoms with Crippen LogP contribution in [0.15, 0.2) is 78.9 Å². The average molecular weight is 473 g/mol. The number of carbonyl (C=O) groups excluding carboxylic acids is 2. The van der Waals surface area contributed by atoms with Gasteiger partial charge in [0.2, 0.25) is 5.91 Å². The summed E-state index contributed by atoms with van der Waals surface area (Å²) in [6.45, 7) is 4.86. The Morgan fingerprint density at radius 2 is 1.54 bits per heavy atom. The molecule has 0 unspecified atom stereocenters. The Morgan fingerprint density at radius 3 is 2.23 bits per heavy atom. The first-order valence-corrected chi connectivity index (χ1v) is 12.0. The summed E-state index contributed by atoms with van der Waals surface area (Å²) in [7, 11) is 2.14. The van der Waals surface area contributed by atoms with Gasteiger partial charge in [-0.1, -0.05) is 30.3 Å². The van der Waals surface area contributed by atoms with Gasteiger partial charge in [0, 0.05) is 49.7 Å². The molecule has 35 heavy (non-hydrogen) atoms. The van der Waals surface area contributed by atoms with E-state index in [0.717, 1.165) is 43.2 Å². The molecule has 7 nitrogen and oxygen atoms in total. The molecule has 0 atom stereocenters. The first kappa shape index (κ1) is 24.3. The van der Waals surface area contributed by atoms with Gasteiger partial charge in [0.1, 0.15) is 5.75 Å². The standard InChI is InChI=1S/C28H32N4O3/c1-31-16-18-32(19-17-31)25-13-11-24(12-14-25)30-28(34)23-9-7-22(8-10-23)21-29-27(33)15-20-35-26-5-3-2-4-6-26/h2-14H,15-21H2,1H3,(H,29,33)(H,30,34). The summed E-state index contributed by atoms with van der Waals surface area (Å²) in [6.07, 6.45) is 0.281. The van der Waals surface area contributed by atoms with Crippen LogP contribution in [0.5, 0.6) is 5.75 Å². The van der Waals surface area contributed by atoms with Gasteiger partial charge in [0.25, 0.3) is 5.91 Å². The van der Waals surface area contributed by atoms with Gasteiger partial charge in [-0.05, 0) is 61.1 Å². The number of rotatable bonds is 9. The van der Waals surface area contributed by atoms with Crippen molar-refractivity contribution in [2.75, 3.05) is 50.1 Å². The summed E-state index contributed by atoms with van der Waals surface area (Å²) in [5.74, 6) is 0.508. The van der Waals surface area contributed by atoms with Crippen molar-refractivity contribution in [3.8, 4) is 5.75 Å². The van der Waals surface area contributed by atoms with E-state index in [-0.39, 0.29) is 18.2 Å². The fraction of sp³-hybridized carbons (Fsp3) is 0.286. The van der Waals surface area contributed by atoms with Crippen LogP contribution in [0, 0.1) is 0 Å². The second-order valence-corrected chi connectivity index (χ2v) is 8.68. The van der Waals surface area contributed by atoms with Crippen molar-refractivity contribution in [2.24, 2.45) is 0 Å². The van der Waals surface area contributed by atoms with E-state index in [2.05, 4.69) is 39.6 Å². The van der Waals surface area contributed by atoms with Crippen molar-refractivity contribution >= 4 is 23.2 Å². The highest BCUT2D eigenvalue weighted by molar-refractivity contribution is 6.04. The molecule has 1 heterocycles. The highest BCUT2D eigenvalue weighted by Gasteiger charge is 2.14. The zero-order chi connectivity index (χ0) is 24.5. The molecular weight excluding hydrogens is 440 g/mol. The Labute approximate surface area is 206 Å². The lowest BCUT2D eigenvalue weighted by Crippen LogP contribution is -2.44. The fourth-order valence-electron chi connectivity index (χ4n) is 3.86. The van der Waals surface area contributed by atoms with Crippen LogP contribution in [-0.4, -0.2) is 56.5 Å². The van der Waals surface area contributed by atoms with Gasteiger partial charge in [-0.3, -0.25) is 9.59 Å². The molecule has 0 saturated carbocycles. The van der Waals surface area contributed by atoms with Crippen LogP contribution in [0.3, 0.4) is 0 Å². The number of para-hydroxylation sites is 1. The van der Waals surface area contributed by atoms with Gasteiger partial charge in [-0.15, -0.1) is 0 Å². The van der Waals surface area contributed by atoms with Crippen LogP contribution in [0.1, 0.15) is 22.3 Å². The number of hydrogen-bond donors (Lipinski definition) is 2. The predicted octanol–water partition coefficient (Wildman–Crippen LogP) is 3.78. The highest BCUT2D eigenvalue weighted by Crippen LogP contribution is 2.20. The molecule has 0 radical (unpaired) electrons. The lowest BCUT2D eigenvalue weighted by molar-refractivity contribution is -0.121. The zero-order valence-electron chi connectivity index (χ0n) is 20.1. The van der Waals surface area contributed by atoms with Crippen LogP contribution in [0.2, 0.25) is 0 Å². The Hall–Kier alpha value is -3.84. The van der Waals surface area contributed by atoms with E-state index in [0.29, 0.717) is 18.7 Å². The number of likely N-dealkylation sites (N-methyl/N-ethyl adjacent to an activating group) is 1. The summed E-state index contributed by atoms with van der Waals surface area (Å²) in [6, 6.07) is 24.7. The Morgan fingerprint density at radius 1 is 0.857 bits per heavy atom. The molecule has 2 amide bonds. The molecule has 2 N–H and O–H groups in total. The minimum absolute atomic E-state index is 0.0808. The van der Waals surface area contributed by atoms with E-state index in [1.54, 1.807) is 12.1 Å². The molecular formula is C28H32N4O3. The van der Waals surface area contributed by atoms with Crippen molar-refractivity contribution in [1.29, 1.82) is 0 Å². The predicted molar refractivity (Wildman–Crippen MR) is 139 cm³/mol. The third kappa shape index (κ3) is 7.32. The van der Waals surface area contributed by atoms with Crippen LogP contribution >= 0.6 is 0 Å². The van der Waals surface area contributed by atoms with Gasteiger partial charge in [-0.25, -0.2) is 0 Å². The molecule has 0 bridgehead atoms. The third-order valence-electron chi connectivity index (χ3n) is 6.04. The molecule has 3 aromatic carbocycles. The molecule has 1 saturated heterocycles. The topological polar surface area (TPSA) is 73.9 Å². The second-order valence-electron chi connectivity index (χ2n) is 8.68. The summed E-state index contributed by atoms with van der Waals surface area (Å²) >= 11 is 0. The van der Waals surface area contributed by atoms with Gasteiger partial charge in [0.15, 0.2) is 0 Å². The third-order valence-corrected chi connectivity index (χ3v) is 6.04. The van der Waals surface area contributed by atoms with Crippen molar-refractivity contribution in [3.05, 3.63) is 90.0 Å². The lowest BCUT2D eigenvalue weighted by Gasteiger charge is -2.34. The number of nitrogens with zero attached hydrogens (tertiary/aromatic N) is 2. The maximum atomic E-state index is 12.6. The minimum Gasteiger partial charge on any atom is -0.493 e. The second kappa shape index (κ2) is 12.0. The number of anilines is 2. The monoisotopic (exact) mass is 472 g/mol. The van der Waals surface area contributed by atoms with E-state index >= 15 is 0 Å². The Kier molecular flexibility index (Phi) is 8.35. The SMILES string of the molecule is CN1CCN(c2ccc(NC(=O)c3ccc(CNC(=O)CCOc4ccccc4)cc3)cc2)CC1. The van der Waals surface area contributed by atoms with E-state index in [1.807, 2.05) is 54.6 Å². The van der Waals surface area contributed by atoms with Gasteiger partial charge in [-0.2, -0.15) is 0 Å². The zero-order valence-corrected chi connectivity index (χ0v) is 20.1. The fourth-order valence-corrected chi connectivity index (χ4v) is 3.86. The van der Waals surface area contributed by atoms with E-state index < -0.39 is 0 Å². The van der Waals surface area contributed by atoms with Crippen LogP contribution in [0.4, 0.5) is 11.4 Å². The summed E-state index contributed by atoms with van der Waals surface area (Å²) < 4.78 is 5.55. The van der Waals surface area contributed by atoms with Crippen molar-refractivity contribution in [3.63, 3.8) is 0 Å². The molecule has 182 valence electrons. The number of benzene rings is 3. The number of carbonyl (C=O) groups is 2. The molecule has 1 fully saturated rings. The maximum absolute atomic E-state index is 12.6.